The maximum absolute atomic E-state index is 12.7. The summed E-state index contributed by atoms with van der Waals surface area (Å²) in [5.74, 6) is -0.646. The van der Waals surface area contributed by atoms with E-state index in [-0.39, 0.29) is 16.6 Å². The van der Waals surface area contributed by atoms with Gasteiger partial charge in [-0.25, -0.2) is 18.2 Å². The highest BCUT2D eigenvalue weighted by Gasteiger charge is 2.41. The van der Waals surface area contributed by atoms with Crippen molar-refractivity contribution >= 4 is 16.0 Å². The van der Waals surface area contributed by atoms with E-state index in [1.54, 1.807) is 4.31 Å². The quantitative estimate of drug-likeness (QED) is 0.918. The first-order valence-electron chi connectivity index (χ1n) is 7.21. The highest BCUT2D eigenvalue weighted by Crippen LogP contribution is 2.39. The van der Waals surface area contributed by atoms with Crippen LogP contribution in [-0.4, -0.2) is 41.4 Å². The molecule has 2 aliphatic rings. The molecule has 0 aromatic carbocycles. The van der Waals surface area contributed by atoms with Gasteiger partial charge >= 0.3 is 5.97 Å². The molecule has 6 nitrogen and oxygen atoms in total. The Hall–Kier alpha value is -1.47. The zero-order chi connectivity index (χ0) is 15.0. The van der Waals surface area contributed by atoms with Crippen LogP contribution in [0.3, 0.4) is 0 Å². The second kappa shape index (κ2) is 5.38. The molecule has 21 heavy (non-hydrogen) atoms. The van der Waals surface area contributed by atoms with E-state index in [2.05, 4.69) is 4.98 Å². The molecule has 0 spiro atoms. The number of piperidine rings is 1. The van der Waals surface area contributed by atoms with E-state index in [0.29, 0.717) is 12.5 Å². The van der Waals surface area contributed by atoms with Gasteiger partial charge in [-0.1, -0.05) is 6.42 Å². The third kappa shape index (κ3) is 2.55. The molecule has 0 bridgehead atoms. The summed E-state index contributed by atoms with van der Waals surface area (Å²) in [5.41, 5.74) is -0.00802. The first-order chi connectivity index (χ1) is 10.00. The normalized spacial score (nSPS) is 26.5. The second-order valence-corrected chi connectivity index (χ2v) is 7.54. The van der Waals surface area contributed by atoms with Crippen LogP contribution in [0.25, 0.3) is 0 Å². The summed E-state index contributed by atoms with van der Waals surface area (Å²) in [5, 5.41) is 8.79. The number of nitrogens with zero attached hydrogens (tertiary/aromatic N) is 2. The molecule has 7 heteroatoms. The van der Waals surface area contributed by atoms with Gasteiger partial charge in [0, 0.05) is 18.8 Å². The minimum absolute atomic E-state index is 0.00802. The van der Waals surface area contributed by atoms with Crippen LogP contribution in [0.15, 0.2) is 23.4 Å². The number of sulfonamides is 1. The summed E-state index contributed by atoms with van der Waals surface area (Å²) in [6, 6.07) is 2.67. The number of hydrogen-bond acceptors (Lipinski definition) is 4. The third-order valence-electron chi connectivity index (χ3n) is 4.50. The van der Waals surface area contributed by atoms with E-state index in [0.717, 1.165) is 38.3 Å². The standard InChI is InChI=1S/C14H18N2O4S/c17-14(18)11-6-7-13(15-9-11)21(19,20)16-8-2-4-10-3-1-5-12(10)16/h6-7,9-10,12H,1-5,8H2,(H,17,18). The van der Waals surface area contributed by atoms with Crippen LogP contribution >= 0.6 is 0 Å². The lowest BCUT2D eigenvalue weighted by Gasteiger charge is -2.36. The number of carboxylic acid groups (broad SMARTS) is 1. The van der Waals surface area contributed by atoms with Gasteiger partial charge in [0.05, 0.1) is 5.56 Å². The van der Waals surface area contributed by atoms with E-state index < -0.39 is 16.0 Å². The molecule has 2 heterocycles. The van der Waals surface area contributed by atoms with Gasteiger partial charge in [0.15, 0.2) is 5.03 Å². The Balaban J connectivity index is 1.90. The number of carboxylic acids is 1. The van der Waals surface area contributed by atoms with Crippen LogP contribution in [0.5, 0.6) is 0 Å². The van der Waals surface area contributed by atoms with Crippen LogP contribution in [0.1, 0.15) is 42.5 Å². The number of rotatable bonds is 3. The minimum Gasteiger partial charge on any atom is -0.478 e. The maximum atomic E-state index is 12.7. The average molecular weight is 310 g/mol. The highest BCUT2D eigenvalue weighted by atomic mass is 32.2. The van der Waals surface area contributed by atoms with Crippen molar-refractivity contribution in [3.05, 3.63) is 23.9 Å². The molecular formula is C14H18N2O4S. The molecule has 3 rings (SSSR count). The van der Waals surface area contributed by atoms with Crippen molar-refractivity contribution in [1.82, 2.24) is 9.29 Å². The SMILES string of the molecule is O=C(O)c1ccc(S(=O)(=O)N2CCCC3CCCC32)nc1. The van der Waals surface area contributed by atoms with Gasteiger partial charge in [0.25, 0.3) is 10.0 Å². The number of aromatic nitrogens is 1. The average Bonchev–Trinajstić information content (AvgIpc) is 2.95. The molecule has 2 fully saturated rings. The Morgan fingerprint density at radius 3 is 2.67 bits per heavy atom. The molecule has 0 radical (unpaired) electrons. The van der Waals surface area contributed by atoms with Gasteiger partial charge < -0.3 is 5.11 Å². The van der Waals surface area contributed by atoms with Gasteiger partial charge in [0.1, 0.15) is 0 Å². The van der Waals surface area contributed by atoms with E-state index in [1.807, 2.05) is 0 Å². The van der Waals surface area contributed by atoms with Crippen molar-refractivity contribution in [1.29, 1.82) is 0 Å². The Labute approximate surface area is 123 Å². The predicted octanol–water partition coefficient (Wildman–Crippen LogP) is 1.73. The van der Waals surface area contributed by atoms with Crippen LogP contribution in [0.2, 0.25) is 0 Å². The molecule has 1 aliphatic heterocycles. The number of hydrogen-bond donors (Lipinski definition) is 1. The van der Waals surface area contributed by atoms with E-state index in [1.165, 1.54) is 12.1 Å². The lowest BCUT2D eigenvalue weighted by Crippen LogP contribution is -2.46. The Morgan fingerprint density at radius 1 is 1.24 bits per heavy atom. The van der Waals surface area contributed by atoms with E-state index in [9.17, 15) is 13.2 Å². The summed E-state index contributed by atoms with van der Waals surface area (Å²) in [4.78, 5) is 14.7. The monoisotopic (exact) mass is 310 g/mol. The smallest absolute Gasteiger partial charge is 0.337 e. The predicted molar refractivity (Wildman–Crippen MR) is 75.5 cm³/mol. The molecule has 1 saturated heterocycles. The molecule has 1 aromatic rings. The topological polar surface area (TPSA) is 87.6 Å². The lowest BCUT2D eigenvalue weighted by molar-refractivity contribution is 0.0696. The maximum Gasteiger partial charge on any atom is 0.337 e. The van der Waals surface area contributed by atoms with Gasteiger partial charge in [-0.3, -0.25) is 0 Å². The van der Waals surface area contributed by atoms with Gasteiger partial charge in [-0.2, -0.15) is 4.31 Å². The molecule has 1 N–H and O–H groups in total. The van der Waals surface area contributed by atoms with Gasteiger partial charge in [-0.05, 0) is 43.7 Å². The first-order valence-corrected chi connectivity index (χ1v) is 8.65. The number of pyridine rings is 1. The van der Waals surface area contributed by atoms with Crippen LogP contribution in [0.4, 0.5) is 0 Å². The fraction of sp³-hybridized carbons (Fsp3) is 0.571. The Morgan fingerprint density at radius 2 is 2.00 bits per heavy atom. The van der Waals surface area contributed by atoms with E-state index >= 15 is 0 Å². The van der Waals surface area contributed by atoms with Crippen molar-refractivity contribution < 1.29 is 18.3 Å². The van der Waals surface area contributed by atoms with Crippen LogP contribution < -0.4 is 0 Å². The second-order valence-electron chi connectivity index (χ2n) is 5.71. The largest absolute Gasteiger partial charge is 0.478 e. The minimum atomic E-state index is -3.63. The number of fused-ring (bicyclic) bond motifs is 1. The zero-order valence-electron chi connectivity index (χ0n) is 11.6. The molecule has 2 atom stereocenters. The van der Waals surface area contributed by atoms with Crippen molar-refractivity contribution in [2.75, 3.05) is 6.54 Å². The van der Waals surface area contributed by atoms with Crippen molar-refractivity contribution in [2.45, 2.75) is 43.2 Å². The molecule has 0 amide bonds. The fourth-order valence-electron chi connectivity index (χ4n) is 3.49. The molecular weight excluding hydrogens is 292 g/mol. The van der Waals surface area contributed by atoms with Crippen LogP contribution in [0, 0.1) is 5.92 Å². The highest BCUT2D eigenvalue weighted by molar-refractivity contribution is 7.89. The summed E-state index contributed by atoms with van der Waals surface area (Å²) < 4.78 is 27.0. The molecule has 1 aromatic heterocycles. The van der Waals surface area contributed by atoms with Crippen molar-refractivity contribution in [3.8, 4) is 0 Å². The number of aromatic carboxylic acids is 1. The number of carbonyl (C=O) groups is 1. The lowest BCUT2D eigenvalue weighted by atomic mass is 9.94. The fourth-order valence-corrected chi connectivity index (χ4v) is 5.16. The summed E-state index contributed by atoms with van der Waals surface area (Å²) in [6.07, 6.45) is 6.17. The van der Waals surface area contributed by atoms with E-state index in [4.69, 9.17) is 5.11 Å². The van der Waals surface area contributed by atoms with Gasteiger partial charge in [-0.15, -0.1) is 0 Å². The summed E-state index contributed by atoms with van der Waals surface area (Å²) in [6.45, 7) is 0.534. The Kier molecular flexibility index (Phi) is 3.71. The van der Waals surface area contributed by atoms with Crippen molar-refractivity contribution in [2.24, 2.45) is 5.92 Å². The zero-order valence-corrected chi connectivity index (χ0v) is 12.4. The summed E-state index contributed by atoms with van der Waals surface area (Å²) >= 11 is 0. The van der Waals surface area contributed by atoms with Gasteiger partial charge in [0.2, 0.25) is 0 Å². The first kappa shape index (κ1) is 14.5. The molecule has 1 aliphatic carbocycles. The third-order valence-corrected chi connectivity index (χ3v) is 6.34. The molecule has 2 unspecified atom stereocenters. The molecule has 114 valence electrons. The van der Waals surface area contributed by atoms with Crippen LogP contribution in [-0.2, 0) is 10.0 Å². The molecule has 1 saturated carbocycles. The van der Waals surface area contributed by atoms with Crippen molar-refractivity contribution in [3.63, 3.8) is 0 Å². The summed E-state index contributed by atoms with van der Waals surface area (Å²) in [7, 11) is -3.63. The Bertz CT molecular complexity index is 641.